The number of methoxy groups -OCH3 is 1. The van der Waals surface area contributed by atoms with Crippen molar-refractivity contribution >= 4 is 44.9 Å². The zero-order valence-corrected chi connectivity index (χ0v) is 20.4. The summed E-state index contributed by atoms with van der Waals surface area (Å²) < 4.78 is 5.16. The summed E-state index contributed by atoms with van der Waals surface area (Å²) in [5.74, 6) is 0.390. The molecule has 1 aliphatic rings. The van der Waals surface area contributed by atoms with E-state index >= 15 is 0 Å². The minimum atomic E-state index is -0.267. The van der Waals surface area contributed by atoms with Crippen LogP contribution in [0.5, 0.6) is 5.75 Å². The van der Waals surface area contributed by atoms with Gasteiger partial charge in [-0.3, -0.25) is 9.59 Å². The first kappa shape index (κ1) is 23.1. The third-order valence-electron chi connectivity index (χ3n) is 5.91. The molecular weight excluding hydrogens is 482 g/mol. The molecule has 35 heavy (non-hydrogen) atoms. The Labute approximate surface area is 211 Å². The third-order valence-corrected chi connectivity index (χ3v) is 7.05. The van der Waals surface area contributed by atoms with Gasteiger partial charge in [0.1, 0.15) is 16.4 Å². The van der Waals surface area contributed by atoms with Gasteiger partial charge in [0.25, 0.3) is 5.91 Å². The smallest absolute Gasteiger partial charge is 0.256 e. The lowest BCUT2D eigenvalue weighted by Gasteiger charge is -2.06. The minimum Gasteiger partial charge on any atom is -0.497 e. The molecule has 6 nitrogen and oxygen atoms in total. The molecule has 0 aliphatic heterocycles. The number of aromatic nitrogens is 1. The number of rotatable bonds is 7. The van der Waals surface area contributed by atoms with Crippen molar-refractivity contribution in [3.8, 4) is 17.0 Å². The van der Waals surface area contributed by atoms with Gasteiger partial charge in [0.2, 0.25) is 5.91 Å². The highest BCUT2D eigenvalue weighted by molar-refractivity contribution is 7.20. The van der Waals surface area contributed by atoms with Crippen LogP contribution >= 0.6 is 22.9 Å². The lowest BCUT2D eigenvalue weighted by Crippen LogP contribution is -2.14. The van der Waals surface area contributed by atoms with E-state index in [2.05, 4.69) is 15.6 Å². The van der Waals surface area contributed by atoms with Crippen LogP contribution in [0, 0.1) is 5.92 Å². The maximum absolute atomic E-state index is 12.9. The first-order chi connectivity index (χ1) is 17.0. The van der Waals surface area contributed by atoms with Crippen LogP contribution in [0.4, 0.5) is 10.1 Å². The van der Waals surface area contributed by atoms with Crippen molar-refractivity contribution in [3.05, 3.63) is 95.0 Å². The van der Waals surface area contributed by atoms with E-state index < -0.39 is 0 Å². The van der Waals surface area contributed by atoms with Crippen LogP contribution in [0.2, 0.25) is 5.02 Å². The number of halogens is 1. The number of thiazole rings is 1. The second-order valence-electron chi connectivity index (χ2n) is 8.23. The van der Waals surface area contributed by atoms with Crippen LogP contribution < -0.4 is 15.4 Å². The van der Waals surface area contributed by atoms with E-state index in [1.165, 1.54) is 11.3 Å². The van der Waals surface area contributed by atoms with Gasteiger partial charge in [-0.25, -0.2) is 4.98 Å². The van der Waals surface area contributed by atoms with E-state index in [1.54, 1.807) is 31.4 Å². The highest BCUT2D eigenvalue weighted by Gasteiger charge is 2.44. The monoisotopic (exact) mass is 503 g/mol. The van der Waals surface area contributed by atoms with Gasteiger partial charge in [0, 0.05) is 22.1 Å². The summed E-state index contributed by atoms with van der Waals surface area (Å²) in [7, 11) is 1.58. The molecule has 176 valence electrons. The summed E-state index contributed by atoms with van der Waals surface area (Å²) in [6, 6.07) is 24.0. The molecule has 1 heterocycles. The van der Waals surface area contributed by atoms with E-state index in [0.29, 0.717) is 32.2 Å². The summed E-state index contributed by atoms with van der Waals surface area (Å²) in [6.07, 6.45) is 0.783. The van der Waals surface area contributed by atoms with E-state index in [4.69, 9.17) is 16.3 Å². The van der Waals surface area contributed by atoms with Gasteiger partial charge in [0.15, 0.2) is 5.13 Å². The van der Waals surface area contributed by atoms with Gasteiger partial charge in [-0.1, -0.05) is 65.4 Å². The molecule has 0 bridgehead atoms. The normalized spacial score (nSPS) is 16.4. The first-order valence-electron chi connectivity index (χ1n) is 11.1. The topological polar surface area (TPSA) is 80.3 Å². The zero-order chi connectivity index (χ0) is 24.4. The van der Waals surface area contributed by atoms with E-state index in [-0.39, 0.29) is 23.7 Å². The molecule has 8 heteroatoms. The van der Waals surface area contributed by atoms with E-state index in [0.717, 1.165) is 17.5 Å². The van der Waals surface area contributed by atoms with Crippen molar-refractivity contribution in [1.29, 1.82) is 0 Å². The molecule has 5 rings (SSSR count). The summed E-state index contributed by atoms with van der Waals surface area (Å²) in [5.41, 5.74) is 3.05. The van der Waals surface area contributed by atoms with E-state index in [1.807, 2.05) is 54.6 Å². The average molecular weight is 504 g/mol. The lowest BCUT2D eigenvalue weighted by molar-refractivity contribution is -0.117. The number of amides is 2. The Balaban J connectivity index is 1.34. The molecular formula is C27H22ClN3O3S. The van der Waals surface area contributed by atoms with Crippen molar-refractivity contribution in [2.75, 3.05) is 17.7 Å². The van der Waals surface area contributed by atoms with Crippen LogP contribution in [0.15, 0.2) is 78.9 Å². The fourth-order valence-electron chi connectivity index (χ4n) is 3.93. The number of nitrogens with one attached hydrogen (secondary N) is 2. The number of carbonyl (C=O) groups is 2. The van der Waals surface area contributed by atoms with Crippen molar-refractivity contribution < 1.29 is 14.3 Å². The largest absolute Gasteiger partial charge is 0.497 e. The van der Waals surface area contributed by atoms with Crippen LogP contribution in [0.3, 0.4) is 0 Å². The van der Waals surface area contributed by atoms with E-state index in [9.17, 15) is 9.59 Å². The number of ether oxygens (including phenoxy) is 1. The molecule has 2 unspecified atom stereocenters. The zero-order valence-electron chi connectivity index (χ0n) is 18.8. The number of nitrogens with zero attached hydrogens (tertiary/aromatic N) is 1. The summed E-state index contributed by atoms with van der Waals surface area (Å²) in [5, 5.41) is 7.59. The van der Waals surface area contributed by atoms with Crippen molar-refractivity contribution in [1.82, 2.24) is 4.98 Å². The Morgan fingerprint density at radius 2 is 1.69 bits per heavy atom. The Bertz CT molecular complexity index is 1350. The Morgan fingerprint density at radius 3 is 2.37 bits per heavy atom. The van der Waals surface area contributed by atoms with Crippen molar-refractivity contribution in [3.63, 3.8) is 0 Å². The summed E-state index contributed by atoms with van der Waals surface area (Å²) in [6.45, 7) is 0. The Hall–Kier alpha value is -3.68. The van der Waals surface area contributed by atoms with Crippen LogP contribution in [0.1, 0.15) is 28.3 Å². The second kappa shape index (κ2) is 9.90. The fraction of sp³-hybridized carbons (Fsp3) is 0.148. The SMILES string of the molecule is COc1ccc(C(=O)Nc2sc(NC(=O)C3CC3c3ccc(Cl)cc3)nc2-c2ccccc2)cc1. The van der Waals surface area contributed by atoms with Gasteiger partial charge in [0.05, 0.1) is 7.11 Å². The highest BCUT2D eigenvalue weighted by atomic mass is 35.5. The fourth-order valence-corrected chi connectivity index (χ4v) is 4.94. The van der Waals surface area contributed by atoms with Crippen LogP contribution in [0.25, 0.3) is 11.3 Å². The van der Waals surface area contributed by atoms with Gasteiger partial charge in [-0.2, -0.15) is 0 Å². The van der Waals surface area contributed by atoms with Gasteiger partial charge in [-0.15, -0.1) is 0 Å². The molecule has 4 aromatic rings. The first-order valence-corrected chi connectivity index (χ1v) is 12.3. The molecule has 2 amide bonds. The molecule has 2 atom stereocenters. The van der Waals surface area contributed by atoms with Gasteiger partial charge >= 0.3 is 0 Å². The second-order valence-corrected chi connectivity index (χ2v) is 9.67. The number of anilines is 2. The minimum absolute atomic E-state index is 0.0775. The third kappa shape index (κ3) is 5.21. The Morgan fingerprint density at radius 1 is 0.971 bits per heavy atom. The highest BCUT2D eigenvalue weighted by Crippen LogP contribution is 2.48. The summed E-state index contributed by atoms with van der Waals surface area (Å²) >= 11 is 7.22. The molecule has 3 aromatic carbocycles. The Kier molecular flexibility index (Phi) is 6.53. The molecule has 1 aliphatic carbocycles. The molecule has 0 radical (unpaired) electrons. The van der Waals surface area contributed by atoms with Crippen molar-refractivity contribution in [2.24, 2.45) is 5.92 Å². The standard InChI is InChI=1S/C27H22ClN3O3S/c1-34-20-13-9-18(10-14-20)24(32)30-26-23(17-5-3-2-4-6-17)29-27(35-26)31-25(33)22-15-21(22)16-7-11-19(28)12-8-16/h2-14,21-22H,15H2,1H3,(H,30,32)(H,29,31,33). The van der Waals surface area contributed by atoms with Gasteiger partial charge in [-0.05, 0) is 54.3 Å². The number of benzene rings is 3. The predicted octanol–water partition coefficient (Wildman–Crippen LogP) is 6.47. The molecule has 1 fully saturated rings. The molecule has 1 aromatic heterocycles. The van der Waals surface area contributed by atoms with Gasteiger partial charge < -0.3 is 15.4 Å². The predicted molar refractivity (Wildman–Crippen MR) is 139 cm³/mol. The molecule has 0 saturated heterocycles. The summed E-state index contributed by atoms with van der Waals surface area (Å²) in [4.78, 5) is 30.5. The number of carbonyl (C=O) groups excluding carboxylic acids is 2. The quantitative estimate of drug-likeness (QED) is 0.303. The molecule has 2 N–H and O–H groups in total. The molecule has 1 saturated carbocycles. The number of hydrogen-bond acceptors (Lipinski definition) is 5. The lowest BCUT2D eigenvalue weighted by atomic mass is 10.1. The van der Waals surface area contributed by atoms with Crippen molar-refractivity contribution in [2.45, 2.75) is 12.3 Å². The van der Waals surface area contributed by atoms with Crippen LogP contribution in [-0.4, -0.2) is 23.9 Å². The number of hydrogen-bond donors (Lipinski definition) is 2. The average Bonchev–Trinajstić information content (AvgIpc) is 3.60. The van der Waals surface area contributed by atoms with Crippen LogP contribution in [-0.2, 0) is 4.79 Å². The molecule has 0 spiro atoms. The maximum atomic E-state index is 12.9. The maximum Gasteiger partial charge on any atom is 0.256 e.